The van der Waals surface area contributed by atoms with Gasteiger partial charge in [-0.05, 0) is 54.3 Å². The van der Waals surface area contributed by atoms with E-state index in [2.05, 4.69) is 10.3 Å². The molecular formula is C23H26ClN3O3. The Kier molecular flexibility index (Phi) is 6.16. The zero-order valence-electron chi connectivity index (χ0n) is 17.2. The van der Waals surface area contributed by atoms with E-state index in [1.165, 1.54) is 5.56 Å². The van der Waals surface area contributed by atoms with Crippen molar-refractivity contribution < 1.29 is 14.3 Å². The van der Waals surface area contributed by atoms with E-state index in [0.29, 0.717) is 24.7 Å². The Morgan fingerprint density at radius 1 is 1.23 bits per heavy atom. The van der Waals surface area contributed by atoms with E-state index in [0.717, 1.165) is 40.8 Å². The predicted octanol–water partition coefficient (Wildman–Crippen LogP) is 4.52. The number of halogens is 1. The molecule has 6 nitrogen and oxygen atoms in total. The van der Waals surface area contributed by atoms with E-state index in [1.807, 2.05) is 47.4 Å². The molecule has 158 valence electrons. The van der Waals surface area contributed by atoms with Crippen molar-refractivity contribution in [1.82, 2.24) is 15.2 Å². The maximum absolute atomic E-state index is 13.1. The van der Waals surface area contributed by atoms with Gasteiger partial charge < -0.3 is 24.7 Å². The molecule has 0 saturated carbocycles. The number of methoxy groups -OCH3 is 2. The van der Waals surface area contributed by atoms with Gasteiger partial charge in [-0.2, -0.15) is 0 Å². The predicted molar refractivity (Wildman–Crippen MR) is 118 cm³/mol. The van der Waals surface area contributed by atoms with E-state index in [4.69, 9.17) is 21.1 Å². The van der Waals surface area contributed by atoms with Crippen LogP contribution in [0.15, 0.2) is 42.5 Å². The van der Waals surface area contributed by atoms with Crippen molar-refractivity contribution in [2.24, 2.45) is 0 Å². The van der Waals surface area contributed by atoms with Crippen molar-refractivity contribution in [3.8, 4) is 5.75 Å². The lowest BCUT2D eigenvalue weighted by molar-refractivity contribution is 0.173. The number of rotatable bonds is 6. The number of aromatic amines is 1. The Labute approximate surface area is 181 Å². The van der Waals surface area contributed by atoms with Crippen LogP contribution >= 0.6 is 11.6 Å². The van der Waals surface area contributed by atoms with E-state index in [9.17, 15) is 4.79 Å². The van der Waals surface area contributed by atoms with Gasteiger partial charge in [0, 0.05) is 48.4 Å². The first-order chi connectivity index (χ1) is 14.6. The Morgan fingerprint density at radius 3 is 2.77 bits per heavy atom. The standard InChI is InChI=1S/C23H26ClN3O3/c1-29-13-3-11-25-23(28)27-12-10-18-19-14-16(24)6-9-20(19)26-21(18)22(27)15-4-7-17(30-2)8-5-15/h4-9,14,22,26H,3,10-13H2,1-2H3,(H,25,28). The van der Waals surface area contributed by atoms with E-state index in [-0.39, 0.29) is 12.1 Å². The minimum absolute atomic E-state index is 0.0748. The summed E-state index contributed by atoms with van der Waals surface area (Å²) >= 11 is 6.25. The number of urea groups is 1. The summed E-state index contributed by atoms with van der Waals surface area (Å²) in [5.41, 5.74) is 4.32. The highest BCUT2D eigenvalue weighted by atomic mass is 35.5. The molecule has 0 bridgehead atoms. The number of carbonyl (C=O) groups excluding carboxylic acids is 1. The number of benzene rings is 2. The third kappa shape index (κ3) is 3.98. The van der Waals surface area contributed by atoms with Crippen LogP contribution in [0.25, 0.3) is 10.9 Å². The number of hydrogen-bond donors (Lipinski definition) is 2. The summed E-state index contributed by atoms with van der Waals surface area (Å²) in [6.07, 6.45) is 1.55. The molecule has 0 radical (unpaired) electrons. The molecular weight excluding hydrogens is 402 g/mol. The van der Waals surface area contributed by atoms with Crippen molar-refractivity contribution in [1.29, 1.82) is 0 Å². The molecule has 0 fully saturated rings. The molecule has 2 amide bonds. The van der Waals surface area contributed by atoms with Crippen LogP contribution in [0.5, 0.6) is 5.75 Å². The number of amides is 2. The minimum Gasteiger partial charge on any atom is -0.497 e. The summed E-state index contributed by atoms with van der Waals surface area (Å²) in [6.45, 7) is 1.82. The molecule has 2 aromatic carbocycles. The molecule has 1 aliphatic heterocycles. The lowest BCUT2D eigenvalue weighted by Gasteiger charge is -2.36. The Hall–Kier alpha value is -2.70. The number of aromatic nitrogens is 1. The normalized spacial score (nSPS) is 15.8. The van der Waals surface area contributed by atoms with Crippen molar-refractivity contribution in [2.75, 3.05) is 33.9 Å². The van der Waals surface area contributed by atoms with Gasteiger partial charge in [0.05, 0.1) is 13.2 Å². The van der Waals surface area contributed by atoms with E-state index < -0.39 is 0 Å². The SMILES string of the molecule is COCCCNC(=O)N1CCc2c([nH]c3ccc(Cl)cc23)C1c1ccc(OC)cc1. The summed E-state index contributed by atoms with van der Waals surface area (Å²) < 4.78 is 10.4. The van der Waals surface area contributed by atoms with Crippen molar-refractivity contribution in [2.45, 2.75) is 18.9 Å². The number of H-pyrrole nitrogens is 1. The minimum atomic E-state index is -0.215. The van der Waals surface area contributed by atoms with Crippen LogP contribution in [0, 0.1) is 0 Å². The number of ether oxygens (including phenoxy) is 2. The molecule has 0 spiro atoms. The zero-order valence-corrected chi connectivity index (χ0v) is 18.0. The summed E-state index contributed by atoms with van der Waals surface area (Å²) in [7, 11) is 3.31. The highest BCUT2D eigenvalue weighted by molar-refractivity contribution is 6.31. The number of fused-ring (bicyclic) bond motifs is 3. The van der Waals surface area contributed by atoms with Crippen LogP contribution in [0.4, 0.5) is 4.79 Å². The van der Waals surface area contributed by atoms with Gasteiger partial charge in [-0.1, -0.05) is 23.7 Å². The molecule has 0 saturated heterocycles. The highest BCUT2D eigenvalue weighted by Crippen LogP contribution is 2.39. The maximum Gasteiger partial charge on any atom is 0.318 e. The third-order valence-corrected chi connectivity index (χ3v) is 5.82. The molecule has 1 atom stereocenters. The molecule has 30 heavy (non-hydrogen) atoms. The lowest BCUT2D eigenvalue weighted by Crippen LogP contribution is -2.46. The average Bonchev–Trinajstić information content (AvgIpc) is 3.14. The lowest BCUT2D eigenvalue weighted by atomic mass is 9.92. The average molecular weight is 428 g/mol. The smallest absolute Gasteiger partial charge is 0.318 e. The van der Waals surface area contributed by atoms with Crippen LogP contribution in [0.1, 0.15) is 29.3 Å². The van der Waals surface area contributed by atoms with Gasteiger partial charge in [-0.3, -0.25) is 0 Å². The summed E-state index contributed by atoms with van der Waals surface area (Å²) in [6, 6.07) is 13.5. The topological polar surface area (TPSA) is 66.6 Å². The third-order valence-electron chi connectivity index (χ3n) is 5.58. The van der Waals surface area contributed by atoms with Crippen molar-refractivity contribution >= 4 is 28.5 Å². The summed E-state index contributed by atoms with van der Waals surface area (Å²) in [5.74, 6) is 0.786. The summed E-state index contributed by atoms with van der Waals surface area (Å²) in [4.78, 5) is 18.5. The van der Waals surface area contributed by atoms with Gasteiger partial charge in [-0.15, -0.1) is 0 Å². The van der Waals surface area contributed by atoms with Crippen LogP contribution < -0.4 is 10.1 Å². The largest absolute Gasteiger partial charge is 0.497 e. The number of nitrogens with one attached hydrogen (secondary N) is 2. The fraction of sp³-hybridized carbons (Fsp3) is 0.348. The molecule has 1 unspecified atom stereocenters. The molecule has 0 aliphatic carbocycles. The first kappa shape index (κ1) is 20.6. The number of carbonyl (C=O) groups is 1. The fourth-order valence-corrected chi connectivity index (χ4v) is 4.30. The second kappa shape index (κ2) is 8.98. The Bertz CT molecular complexity index is 1030. The number of hydrogen-bond acceptors (Lipinski definition) is 3. The molecule has 1 aliphatic rings. The van der Waals surface area contributed by atoms with Gasteiger partial charge in [0.25, 0.3) is 0 Å². The second-order valence-corrected chi connectivity index (χ2v) is 7.84. The molecule has 4 rings (SSSR count). The highest BCUT2D eigenvalue weighted by Gasteiger charge is 2.34. The van der Waals surface area contributed by atoms with Crippen LogP contribution in [0.3, 0.4) is 0 Å². The monoisotopic (exact) mass is 427 g/mol. The van der Waals surface area contributed by atoms with Gasteiger partial charge in [0.2, 0.25) is 0 Å². The van der Waals surface area contributed by atoms with E-state index in [1.54, 1.807) is 14.2 Å². The van der Waals surface area contributed by atoms with Crippen LogP contribution in [-0.2, 0) is 11.2 Å². The summed E-state index contributed by atoms with van der Waals surface area (Å²) in [5, 5.41) is 4.86. The number of nitrogens with zero attached hydrogens (tertiary/aromatic N) is 1. The zero-order chi connectivity index (χ0) is 21.1. The first-order valence-electron chi connectivity index (χ1n) is 10.1. The second-order valence-electron chi connectivity index (χ2n) is 7.40. The van der Waals surface area contributed by atoms with Gasteiger partial charge in [-0.25, -0.2) is 4.79 Å². The Balaban J connectivity index is 1.72. The van der Waals surface area contributed by atoms with Gasteiger partial charge in [0.15, 0.2) is 0 Å². The molecule has 1 aromatic heterocycles. The van der Waals surface area contributed by atoms with Crippen molar-refractivity contribution in [3.05, 3.63) is 64.3 Å². The van der Waals surface area contributed by atoms with Crippen molar-refractivity contribution in [3.63, 3.8) is 0 Å². The maximum atomic E-state index is 13.1. The molecule has 3 aromatic rings. The first-order valence-corrected chi connectivity index (χ1v) is 10.5. The molecule has 7 heteroatoms. The fourth-order valence-electron chi connectivity index (χ4n) is 4.13. The van der Waals surface area contributed by atoms with E-state index >= 15 is 0 Å². The van der Waals surface area contributed by atoms with Crippen LogP contribution in [-0.4, -0.2) is 49.8 Å². The van der Waals surface area contributed by atoms with Crippen LogP contribution in [0.2, 0.25) is 5.02 Å². The van der Waals surface area contributed by atoms with Gasteiger partial charge in [0.1, 0.15) is 5.75 Å². The molecule has 2 N–H and O–H groups in total. The quantitative estimate of drug-likeness (QED) is 0.568. The molecule has 2 heterocycles. The van der Waals surface area contributed by atoms with Gasteiger partial charge >= 0.3 is 6.03 Å². The Morgan fingerprint density at radius 2 is 2.03 bits per heavy atom.